The minimum Gasteiger partial charge on any atom is -0.390 e. The number of urea groups is 1. The fourth-order valence-electron chi connectivity index (χ4n) is 2.41. The second kappa shape index (κ2) is 5.26. The van der Waals surface area contributed by atoms with Crippen LogP contribution in [0.5, 0.6) is 0 Å². The first kappa shape index (κ1) is 12.6. The molecule has 20 heavy (non-hydrogen) atoms. The maximum Gasteiger partial charge on any atom is 0.321 e. The number of nitrogens with one attached hydrogen (secondary N) is 2. The van der Waals surface area contributed by atoms with E-state index in [2.05, 4.69) is 20.8 Å². The van der Waals surface area contributed by atoms with Gasteiger partial charge in [-0.2, -0.15) is 5.10 Å². The summed E-state index contributed by atoms with van der Waals surface area (Å²) in [6, 6.07) is 10.2. The summed E-state index contributed by atoms with van der Waals surface area (Å²) in [4.78, 5) is 11.9. The summed E-state index contributed by atoms with van der Waals surface area (Å²) >= 11 is 0. The number of hydrogen-bond acceptors (Lipinski definition) is 4. The average molecular weight is 270 g/mol. The highest BCUT2D eigenvalue weighted by molar-refractivity contribution is 5.88. The van der Waals surface area contributed by atoms with Crippen LogP contribution in [0.15, 0.2) is 42.6 Å². The fraction of sp³-hybridized carbons (Fsp3) is 0.214. The maximum absolute atomic E-state index is 11.9. The van der Waals surface area contributed by atoms with E-state index < -0.39 is 18.2 Å². The molecule has 1 heterocycles. The van der Waals surface area contributed by atoms with Crippen LogP contribution >= 0.6 is 0 Å². The summed E-state index contributed by atoms with van der Waals surface area (Å²) in [5, 5.41) is 22.9. The minimum atomic E-state index is -0.611. The Bertz CT molecular complexity index is 618. The van der Waals surface area contributed by atoms with Crippen LogP contribution in [0.1, 0.15) is 17.2 Å². The molecule has 6 nitrogen and oxygen atoms in total. The van der Waals surface area contributed by atoms with E-state index in [9.17, 15) is 9.90 Å². The normalized spacial score (nSPS) is 20.2. The van der Waals surface area contributed by atoms with Gasteiger partial charge in [0, 0.05) is 12.6 Å². The van der Waals surface area contributed by atoms with Crippen LogP contribution < -0.4 is 10.6 Å². The topological polar surface area (TPSA) is 87.1 Å². The number of aliphatic hydroxyl groups excluding tert-OH is 1. The van der Waals surface area contributed by atoms with Crippen LogP contribution in [0.3, 0.4) is 0 Å². The number of hydrogen-bond donors (Lipinski definition) is 3. The standard InChI is InChI=1S/C14H14N4O2/c19-11-8-9-4-1-2-5-10(9)13(11)17-14(20)16-12-6-3-7-15-18-12/h1-7,11,13,19H,8H2,(H2,16,17,18,20)/t11-,13+/m0/s1. The Hall–Kier alpha value is -2.47. The van der Waals surface area contributed by atoms with Gasteiger partial charge in [-0.1, -0.05) is 24.3 Å². The molecule has 0 saturated heterocycles. The Kier molecular flexibility index (Phi) is 3.30. The molecule has 0 fully saturated rings. The zero-order valence-corrected chi connectivity index (χ0v) is 10.7. The van der Waals surface area contributed by atoms with E-state index in [1.54, 1.807) is 12.1 Å². The Morgan fingerprint density at radius 1 is 1.25 bits per heavy atom. The number of carbonyl (C=O) groups excluding carboxylic acids is 1. The zero-order chi connectivity index (χ0) is 13.9. The van der Waals surface area contributed by atoms with Crippen molar-refractivity contribution in [1.82, 2.24) is 15.5 Å². The van der Waals surface area contributed by atoms with Crippen LogP contribution in [0, 0.1) is 0 Å². The average Bonchev–Trinajstić information content (AvgIpc) is 2.76. The zero-order valence-electron chi connectivity index (χ0n) is 10.7. The van der Waals surface area contributed by atoms with Crippen molar-refractivity contribution in [2.75, 3.05) is 5.32 Å². The molecule has 102 valence electrons. The van der Waals surface area contributed by atoms with Gasteiger partial charge in [0.25, 0.3) is 0 Å². The number of benzene rings is 1. The monoisotopic (exact) mass is 270 g/mol. The number of amides is 2. The number of fused-ring (bicyclic) bond motifs is 1. The summed E-state index contributed by atoms with van der Waals surface area (Å²) in [6.45, 7) is 0. The highest BCUT2D eigenvalue weighted by Gasteiger charge is 2.31. The molecule has 1 aliphatic carbocycles. The lowest BCUT2D eigenvalue weighted by Crippen LogP contribution is -2.37. The third-order valence-electron chi connectivity index (χ3n) is 3.30. The van der Waals surface area contributed by atoms with E-state index >= 15 is 0 Å². The first-order valence-electron chi connectivity index (χ1n) is 6.35. The van der Waals surface area contributed by atoms with Crippen LogP contribution in [-0.4, -0.2) is 27.4 Å². The molecule has 1 aromatic carbocycles. The van der Waals surface area contributed by atoms with Crippen LogP contribution in [0.4, 0.5) is 10.6 Å². The van der Waals surface area contributed by atoms with Crippen molar-refractivity contribution in [3.05, 3.63) is 53.7 Å². The van der Waals surface area contributed by atoms with Gasteiger partial charge in [0.15, 0.2) is 5.82 Å². The van der Waals surface area contributed by atoms with Gasteiger partial charge in [0.2, 0.25) is 0 Å². The van der Waals surface area contributed by atoms with Crippen molar-refractivity contribution >= 4 is 11.8 Å². The lowest BCUT2D eigenvalue weighted by atomic mass is 10.1. The van der Waals surface area contributed by atoms with Gasteiger partial charge in [-0.05, 0) is 23.3 Å². The van der Waals surface area contributed by atoms with E-state index in [1.165, 1.54) is 6.20 Å². The second-order valence-electron chi connectivity index (χ2n) is 4.66. The summed E-state index contributed by atoms with van der Waals surface area (Å²) in [5.41, 5.74) is 2.01. The summed E-state index contributed by atoms with van der Waals surface area (Å²) in [7, 11) is 0. The molecule has 3 N–H and O–H groups in total. The molecule has 1 aromatic heterocycles. The molecule has 2 atom stereocenters. The van der Waals surface area contributed by atoms with Gasteiger partial charge in [0.05, 0.1) is 12.1 Å². The lowest BCUT2D eigenvalue weighted by molar-refractivity contribution is 0.144. The number of rotatable bonds is 2. The molecule has 0 unspecified atom stereocenters. The van der Waals surface area contributed by atoms with Crippen molar-refractivity contribution < 1.29 is 9.90 Å². The van der Waals surface area contributed by atoms with Crippen molar-refractivity contribution in [2.24, 2.45) is 0 Å². The molecule has 2 amide bonds. The molecule has 0 spiro atoms. The summed E-state index contributed by atoms with van der Waals surface area (Å²) < 4.78 is 0. The largest absolute Gasteiger partial charge is 0.390 e. The molecule has 3 rings (SSSR count). The number of anilines is 1. The Labute approximate surface area is 115 Å². The molecule has 6 heteroatoms. The van der Waals surface area contributed by atoms with Crippen molar-refractivity contribution in [3.8, 4) is 0 Å². The lowest BCUT2D eigenvalue weighted by Gasteiger charge is -2.18. The van der Waals surface area contributed by atoms with E-state index in [-0.39, 0.29) is 0 Å². The van der Waals surface area contributed by atoms with Crippen LogP contribution in [0.25, 0.3) is 0 Å². The van der Waals surface area contributed by atoms with Gasteiger partial charge < -0.3 is 10.4 Å². The van der Waals surface area contributed by atoms with Crippen LogP contribution in [0.2, 0.25) is 0 Å². The second-order valence-corrected chi connectivity index (χ2v) is 4.66. The van der Waals surface area contributed by atoms with Gasteiger partial charge in [-0.15, -0.1) is 5.10 Å². The fourth-order valence-corrected chi connectivity index (χ4v) is 2.41. The molecular weight excluding hydrogens is 256 g/mol. The molecule has 0 radical (unpaired) electrons. The molecule has 1 aliphatic rings. The van der Waals surface area contributed by atoms with E-state index in [4.69, 9.17) is 0 Å². The molecule has 0 aliphatic heterocycles. The van der Waals surface area contributed by atoms with Crippen LogP contribution in [-0.2, 0) is 6.42 Å². The first-order valence-corrected chi connectivity index (χ1v) is 6.35. The minimum absolute atomic E-state index is 0.366. The quantitative estimate of drug-likeness (QED) is 0.766. The van der Waals surface area contributed by atoms with Gasteiger partial charge in [-0.3, -0.25) is 5.32 Å². The van der Waals surface area contributed by atoms with E-state index in [0.717, 1.165) is 11.1 Å². The SMILES string of the molecule is O=C(Nc1cccnn1)N[C@@H]1c2ccccc2C[C@@H]1O. The Morgan fingerprint density at radius 2 is 2.10 bits per heavy atom. The molecule has 0 saturated carbocycles. The van der Waals surface area contributed by atoms with Crippen molar-refractivity contribution in [1.29, 1.82) is 0 Å². The highest BCUT2D eigenvalue weighted by atomic mass is 16.3. The van der Waals surface area contributed by atoms with Crippen molar-refractivity contribution in [2.45, 2.75) is 18.6 Å². The first-order chi connectivity index (χ1) is 9.74. The maximum atomic E-state index is 11.9. The number of aliphatic hydroxyl groups is 1. The molecular formula is C14H14N4O2. The van der Waals surface area contributed by atoms with E-state index in [1.807, 2.05) is 24.3 Å². The van der Waals surface area contributed by atoms with Gasteiger partial charge in [0.1, 0.15) is 0 Å². The number of aromatic nitrogens is 2. The predicted molar refractivity (Wildman–Crippen MR) is 73.1 cm³/mol. The van der Waals surface area contributed by atoms with Crippen molar-refractivity contribution in [3.63, 3.8) is 0 Å². The third kappa shape index (κ3) is 2.46. The smallest absolute Gasteiger partial charge is 0.321 e. The van der Waals surface area contributed by atoms with E-state index in [0.29, 0.717) is 12.2 Å². The molecule has 0 bridgehead atoms. The number of nitrogens with zero attached hydrogens (tertiary/aromatic N) is 2. The third-order valence-corrected chi connectivity index (χ3v) is 3.30. The Balaban J connectivity index is 1.70. The summed E-state index contributed by atoms with van der Waals surface area (Å²) in [5.74, 6) is 0.366. The molecule has 2 aromatic rings. The number of carbonyl (C=O) groups is 1. The highest BCUT2D eigenvalue weighted by Crippen LogP contribution is 2.31. The predicted octanol–water partition coefficient (Wildman–Crippen LogP) is 1.26. The van der Waals surface area contributed by atoms with Gasteiger partial charge in [-0.25, -0.2) is 4.79 Å². The van der Waals surface area contributed by atoms with Gasteiger partial charge >= 0.3 is 6.03 Å². The Morgan fingerprint density at radius 3 is 2.90 bits per heavy atom. The summed E-state index contributed by atoms with van der Waals surface area (Å²) in [6.07, 6.45) is 1.46.